The second-order valence-corrected chi connectivity index (χ2v) is 3.14. The second kappa shape index (κ2) is 5.51. The first-order valence-electron chi connectivity index (χ1n) is 4.83. The Morgan fingerprint density at radius 2 is 2.33 bits per heavy atom. The molecule has 0 aromatic carbocycles. The maximum absolute atomic E-state index is 5.58. The highest BCUT2D eigenvalue weighted by Crippen LogP contribution is 2.09. The summed E-state index contributed by atoms with van der Waals surface area (Å²) >= 11 is 0. The van der Waals surface area contributed by atoms with Crippen molar-refractivity contribution < 1.29 is 9.47 Å². The van der Waals surface area contributed by atoms with Crippen LogP contribution in [0.4, 0.5) is 0 Å². The van der Waals surface area contributed by atoms with Crippen molar-refractivity contribution in [3.63, 3.8) is 0 Å². The zero-order valence-corrected chi connectivity index (χ0v) is 8.01. The van der Waals surface area contributed by atoms with E-state index in [2.05, 4.69) is 19.2 Å². The lowest BCUT2D eigenvalue weighted by molar-refractivity contribution is 0.0188. The van der Waals surface area contributed by atoms with E-state index in [1.165, 1.54) is 0 Å². The zero-order chi connectivity index (χ0) is 8.81. The van der Waals surface area contributed by atoms with Crippen LogP contribution in [0.5, 0.6) is 0 Å². The zero-order valence-electron chi connectivity index (χ0n) is 8.01. The lowest BCUT2D eigenvalue weighted by Gasteiger charge is -2.16. The first-order chi connectivity index (χ1) is 5.86. The number of hydrogen-bond donors (Lipinski definition) is 1. The van der Waals surface area contributed by atoms with Crippen LogP contribution in [0.25, 0.3) is 0 Å². The summed E-state index contributed by atoms with van der Waals surface area (Å²) in [6.07, 6.45) is 2.77. The number of ether oxygens (including phenoxy) is 2. The van der Waals surface area contributed by atoms with Gasteiger partial charge in [-0.2, -0.15) is 0 Å². The minimum atomic E-state index is 0.217. The summed E-state index contributed by atoms with van der Waals surface area (Å²) in [7, 11) is 0. The van der Waals surface area contributed by atoms with Crippen LogP contribution in [0.3, 0.4) is 0 Å². The van der Waals surface area contributed by atoms with E-state index in [0.717, 1.165) is 32.6 Å². The highest BCUT2D eigenvalue weighted by molar-refractivity contribution is 4.68. The van der Waals surface area contributed by atoms with Gasteiger partial charge in [0.25, 0.3) is 0 Å². The molecule has 1 aliphatic rings. The van der Waals surface area contributed by atoms with Gasteiger partial charge < -0.3 is 9.47 Å². The standard InChI is InChI=1S/C9H19NO2/c1-3-5-10-9(4-2)12-7-8-6-11-8/h8-10H,3-7H2,1-2H3. The third-order valence-corrected chi connectivity index (χ3v) is 1.88. The lowest BCUT2D eigenvalue weighted by atomic mass is 10.4. The van der Waals surface area contributed by atoms with E-state index in [1.807, 2.05) is 0 Å². The van der Waals surface area contributed by atoms with E-state index in [1.54, 1.807) is 0 Å². The Labute approximate surface area is 74.4 Å². The first kappa shape index (κ1) is 9.96. The van der Waals surface area contributed by atoms with Gasteiger partial charge in [-0.25, -0.2) is 0 Å². The average molecular weight is 173 g/mol. The molecule has 1 rings (SSSR count). The van der Waals surface area contributed by atoms with Crippen molar-refractivity contribution >= 4 is 0 Å². The normalized spacial score (nSPS) is 24.0. The summed E-state index contributed by atoms with van der Waals surface area (Å²) in [6.45, 7) is 6.94. The Morgan fingerprint density at radius 1 is 1.58 bits per heavy atom. The van der Waals surface area contributed by atoms with Gasteiger partial charge >= 0.3 is 0 Å². The molecule has 0 aliphatic carbocycles. The van der Waals surface area contributed by atoms with Crippen molar-refractivity contribution in [1.29, 1.82) is 0 Å². The molecular formula is C9H19NO2. The monoisotopic (exact) mass is 173 g/mol. The van der Waals surface area contributed by atoms with Crippen molar-refractivity contribution in [2.45, 2.75) is 39.0 Å². The summed E-state index contributed by atoms with van der Waals surface area (Å²) in [6, 6.07) is 0. The Balaban J connectivity index is 1.98. The number of nitrogens with one attached hydrogen (secondary N) is 1. The van der Waals surface area contributed by atoms with Gasteiger partial charge in [-0.15, -0.1) is 0 Å². The quantitative estimate of drug-likeness (QED) is 0.463. The maximum Gasteiger partial charge on any atom is 0.107 e. The molecule has 1 saturated heterocycles. The topological polar surface area (TPSA) is 33.8 Å². The molecule has 1 heterocycles. The van der Waals surface area contributed by atoms with E-state index in [9.17, 15) is 0 Å². The third kappa shape index (κ3) is 4.04. The van der Waals surface area contributed by atoms with Gasteiger partial charge in [-0.1, -0.05) is 13.8 Å². The number of hydrogen-bond acceptors (Lipinski definition) is 3. The number of epoxide rings is 1. The van der Waals surface area contributed by atoms with Crippen LogP contribution < -0.4 is 5.32 Å². The molecule has 3 nitrogen and oxygen atoms in total. The van der Waals surface area contributed by atoms with E-state index in [4.69, 9.17) is 9.47 Å². The predicted octanol–water partition coefficient (Wildman–Crippen LogP) is 1.14. The maximum atomic E-state index is 5.58. The summed E-state index contributed by atoms with van der Waals surface area (Å²) in [5.74, 6) is 0. The van der Waals surface area contributed by atoms with Crippen molar-refractivity contribution in [2.24, 2.45) is 0 Å². The highest BCUT2D eigenvalue weighted by Gasteiger charge is 2.23. The Morgan fingerprint density at radius 3 is 2.83 bits per heavy atom. The van der Waals surface area contributed by atoms with E-state index in [0.29, 0.717) is 6.10 Å². The van der Waals surface area contributed by atoms with Gasteiger partial charge in [0.2, 0.25) is 0 Å². The van der Waals surface area contributed by atoms with Crippen LogP contribution in [0.1, 0.15) is 26.7 Å². The Bertz CT molecular complexity index is 115. The third-order valence-electron chi connectivity index (χ3n) is 1.88. The Hall–Kier alpha value is -0.120. The van der Waals surface area contributed by atoms with Crippen LogP contribution in [0.15, 0.2) is 0 Å². The molecule has 0 saturated carbocycles. The first-order valence-corrected chi connectivity index (χ1v) is 4.83. The van der Waals surface area contributed by atoms with Crippen LogP contribution >= 0.6 is 0 Å². The van der Waals surface area contributed by atoms with Gasteiger partial charge in [-0.05, 0) is 19.4 Å². The summed E-state index contributed by atoms with van der Waals surface area (Å²) in [5, 5.41) is 3.32. The van der Waals surface area contributed by atoms with Crippen LogP contribution in [-0.2, 0) is 9.47 Å². The van der Waals surface area contributed by atoms with Gasteiger partial charge in [-0.3, -0.25) is 5.32 Å². The minimum absolute atomic E-state index is 0.217. The smallest absolute Gasteiger partial charge is 0.107 e. The molecule has 0 aromatic heterocycles. The fourth-order valence-corrected chi connectivity index (χ4v) is 1.01. The highest BCUT2D eigenvalue weighted by atomic mass is 16.6. The van der Waals surface area contributed by atoms with Crippen molar-refractivity contribution in [3.8, 4) is 0 Å². The summed E-state index contributed by atoms with van der Waals surface area (Å²) in [5.41, 5.74) is 0. The fraction of sp³-hybridized carbons (Fsp3) is 1.00. The van der Waals surface area contributed by atoms with E-state index >= 15 is 0 Å². The van der Waals surface area contributed by atoms with Crippen LogP contribution in [0, 0.1) is 0 Å². The molecule has 0 bridgehead atoms. The molecule has 1 N–H and O–H groups in total. The van der Waals surface area contributed by atoms with Crippen molar-refractivity contribution in [2.75, 3.05) is 19.8 Å². The molecule has 0 aromatic rings. The summed E-state index contributed by atoms with van der Waals surface area (Å²) < 4.78 is 10.6. The van der Waals surface area contributed by atoms with Gasteiger partial charge in [0.1, 0.15) is 12.3 Å². The fourth-order valence-electron chi connectivity index (χ4n) is 1.01. The average Bonchev–Trinajstić information content (AvgIpc) is 2.89. The van der Waals surface area contributed by atoms with Crippen molar-refractivity contribution in [1.82, 2.24) is 5.32 Å². The molecule has 3 heteroatoms. The van der Waals surface area contributed by atoms with Gasteiger partial charge in [0, 0.05) is 0 Å². The lowest BCUT2D eigenvalue weighted by Crippen LogP contribution is -2.32. The molecular weight excluding hydrogens is 154 g/mol. The van der Waals surface area contributed by atoms with Gasteiger partial charge in [0.05, 0.1) is 13.2 Å². The second-order valence-electron chi connectivity index (χ2n) is 3.14. The van der Waals surface area contributed by atoms with E-state index in [-0.39, 0.29) is 6.23 Å². The molecule has 2 unspecified atom stereocenters. The molecule has 0 spiro atoms. The van der Waals surface area contributed by atoms with Crippen LogP contribution in [0.2, 0.25) is 0 Å². The SMILES string of the molecule is CCCNC(CC)OCC1CO1. The van der Waals surface area contributed by atoms with E-state index < -0.39 is 0 Å². The molecule has 1 aliphatic heterocycles. The van der Waals surface area contributed by atoms with Crippen molar-refractivity contribution in [3.05, 3.63) is 0 Å². The molecule has 0 amide bonds. The molecule has 0 radical (unpaired) electrons. The molecule has 12 heavy (non-hydrogen) atoms. The Kier molecular flexibility index (Phi) is 4.58. The van der Waals surface area contributed by atoms with Gasteiger partial charge in [0.15, 0.2) is 0 Å². The largest absolute Gasteiger partial charge is 0.371 e. The molecule has 2 atom stereocenters. The van der Waals surface area contributed by atoms with Crippen LogP contribution in [-0.4, -0.2) is 32.1 Å². The minimum Gasteiger partial charge on any atom is -0.371 e. The molecule has 1 fully saturated rings. The predicted molar refractivity (Wildman–Crippen MR) is 48.1 cm³/mol. The summed E-state index contributed by atoms with van der Waals surface area (Å²) in [4.78, 5) is 0. The number of rotatable bonds is 7. The molecule has 72 valence electrons.